The average Bonchev–Trinajstić information content (AvgIpc) is 3.44. The molecule has 0 saturated carbocycles. The first kappa shape index (κ1) is 27.5. The molecule has 1 aromatic heterocycles. The molecule has 8 heteroatoms. The molecule has 2 amide bonds. The Bertz CT molecular complexity index is 1240. The van der Waals surface area contributed by atoms with Crippen molar-refractivity contribution in [2.75, 3.05) is 40.5 Å². The summed E-state index contributed by atoms with van der Waals surface area (Å²) in [5, 5.41) is 2.07. The summed E-state index contributed by atoms with van der Waals surface area (Å²) in [6, 6.07) is 16.4. The molecule has 202 valence electrons. The summed E-state index contributed by atoms with van der Waals surface area (Å²) in [5.74, 6) is 1.89. The van der Waals surface area contributed by atoms with E-state index in [0.717, 1.165) is 18.4 Å². The Morgan fingerprint density at radius 2 is 1.87 bits per heavy atom. The lowest BCUT2D eigenvalue weighted by atomic mass is 10.00. The van der Waals surface area contributed by atoms with Gasteiger partial charge in [-0.05, 0) is 59.7 Å². The number of thiophene rings is 1. The Kier molecular flexibility index (Phi) is 9.29. The number of ether oxygens (including phenoxy) is 3. The van der Waals surface area contributed by atoms with Crippen molar-refractivity contribution in [3.05, 3.63) is 76.0 Å². The maximum atomic E-state index is 13.8. The summed E-state index contributed by atoms with van der Waals surface area (Å²) in [4.78, 5) is 32.2. The molecule has 1 aliphatic rings. The second-order valence-electron chi connectivity index (χ2n) is 9.54. The molecule has 38 heavy (non-hydrogen) atoms. The Hall–Kier alpha value is -3.52. The molecule has 0 saturated heterocycles. The Morgan fingerprint density at radius 1 is 1.08 bits per heavy atom. The first-order valence-electron chi connectivity index (χ1n) is 13.0. The van der Waals surface area contributed by atoms with E-state index in [4.69, 9.17) is 14.2 Å². The van der Waals surface area contributed by atoms with Crippen molar-refractivity contribution in [1.82, 2.24) is 9.80 Å². The van der Waals surface area contributed by atoms with Gasteiger partial charge in [-0.2, -0.15) is 0 Å². The van der Waals surface area contributed by atoms with Gasteiger partial charge in [0.1, 0.15) is 18.9 Å². The maximum Gasteiger partial charge on any atom is 0.254 e. The van der Waals surface area contributed by atoms with Gasteiger partial charge in [-0.1, -0.05) is 38.5 Å². The molecule has 0 N–H and O–H groups in total. The van der Waals surface area contributed by atoms with Crippen LogP contribution in [0.4, 0.5) is 0 Å². The maximum absolute atomic E-state index is 13.8. The molecule has 0 radical (unpaired) electrons. The largest absolute Gasteiger partial charge is 0.497 e. The van der Waals surface area contributed by atoms with E-state index in [1.54, 1.807) is 54.7 Å². The zero-order chi connectivity index (χ0) is 27.1. The number of amides is 2. The third-order valence-corrected chi connectivity index (χ3v) is 8.04. The summed E-state index contributed by atoms with van der Waals surface area (Å²) in [6.45, 7) is 5.57. The van der Waals surface area contributed by atoms with Crippen LogP contribution in [0.3, 0.4) is 0 Å². The van der Waals surface area contributed by atoms with Crippen LogP contribution in [0.15, 0.2) is 60.0 Å². The minimum atomic E-state index is -0.250. The normalized spacial score (nSPS) is 15.4. The molecule has 1 aliphatic heterocycles. The highest BCUT2D eigenvalue weighted by molar-refractivity contribution is 7.10. The van der Waals surface area contributed by atoms with E-state index in [1.807, 2.05) is 29.2 Å². The number of hydrogen-bond acceptors (Lipinski definition) is 6. The van der Waals surface area contributed by atoms with Crippen molar-refractivity contribution in [2.24, 2.45) is 5.92 Å². The minimum absolute atomic E-state index is 0.00497. The van der Waals surface area contributed by atoms with Gasteiger partial charge in [0.05, 0.1) is 20.3 Å². The zero-order valence-corrected chi connectivity index (χ0v) is 23.3. The van der Waals surface area contributed by atoms with Gasteiger partial charge in [0.2, 0.25) is 5.91 Å². The van der Waals surface area contributed by atoms with Crippen molar-refractivity contribution in [1.29, 1.82) is 0 Å². The van der Waals surface area contributed by atoms with Crippen LogP contribution in [0.2, 0.25) is 0 Å². The number of para-hydroxylation sites is 2. The molecule has 0 fully saturated rings. The van der Waals surface area contributed by atoms with Crippen LogP contribution in [0.25, 0.3) is 0 Å². The standard InChI is InChI=1S/C30H36N2O5S/c1-5-21(2)18-31(30(34)22-9-8-10-23(17-22)35-3)19-29(33)32-15-13-28-24(14-16-38-28)25(32)20-37-27-12-7-6-11-26(27)36-4/h6-12,14,16-17,21,25H,5,13,15,18-20H2,1-4H3/t21-,25+/m1/s1. The summed E-state index contributed by atoms with van der Waals surface area (Å²) in [5.41, 5.74) is 1.62. The Labute approximate surface area is 228 Å². The van der Waals surface area contributed by atoms with Crippen LogP contribution >= 0.6 is 11.3 Å². The van der Waals surface area contributed by atoms with Crippen LogP contribution < -0.4 is 14.2 Å². The lowest BCUT2D eigenvalue weighted by Gasteiger charge is -2.37. The van der Waals surface area contributed by atoms with E-state index in [1.165, 1.54) is 4.88 Å². The number of fused-ring (bicyclic) bond motifs is 1. The topological polar surface area (TPSA) is 68.3 Å². The molecule has 2 atom stereocenters. The third kappa shape index (κ3) is 6.30. The molecule has 0 bridgehead atoms. The highest BCUT2D eigenvalue weighted by atomic mass is 32.1. The number of carbonyl (C=O) groups is 2. The molecule has 2 aromatic carbocycles. The monoisotopic (exact) mass is 536 g/mol. The van der Waals surface area contributed by atoms with Gasteiger partial charge >= 0.3 is 0 Å². The van der Waals surface area contributed by atoms with Crippen LogP contribution in [0.5, 0.6) is 17.2 Å². The molecular formula is C30H36N2O5S. The van der Waals surface area contributed by atoms with Gasteiger partial charge in [-0.15, -0.1) is 11.3 Å². The highest BCUT2D eigenvalue weighted by Crippen LogP contribution is 2.35. The molecule has 0 spiro atoms. The molecule has 4 rings (SSSR count). The van der Waals surface area contributed by atoms with E-state index >= 15 is 0 Å². The van der Waals surface area contributed by atoms with E-state index in [9.17, 15) is 9.59 Å². The number of benzene rings is 2. The van der Waals surface area contributed by atoms with Crippen molar-refractivity contribution in [3.63, 3.8) is 0 Å². The van der Waals surface area contributed by atoms with E-state index in [-0.39, 0.29) is 30.3 Å². The summed E-state index contributed by atoms with van der Waals surface area (Å²) in [7, 11) is 3.19. The number of nitrogens with zero attached hydrogens (tertiary/aromatic N) is 2. The van der Waals surface area contributed by atoms with Crippen molar-refractivity contribution in [2.45, 2.75) is 32.7 Å². The minimum Gasteiger partial charge on any atom is -0.497 e. The van der Waals surface area contributed by atoms with E-state index in [2.05, 4.69) is 25.3 Å². The van der Waals surface area contributed by atoms with Crippen molar-refractivity contribution >= 4 is 23.2 Å². The fourth-order valence-electron chi connectivity index (χ4n) is 4.70. The third-order valence-electron chi connectivity index (χ3n) is 7.04. The molecule has 0 unspecified atom stereocenters. The predicted molar refractivity (Wildman–Crippen MR) is 149 cm³/mol. The smallest absolute Gasteiger partial charge is 0.254 e. The van der Waals surface area contributed by atoms with Gasteiger partial charge in [-0.3, -0.25) is 9.59 Å². The van der Waals surface area contributed by atoms with Gasteiger partial charge in [0, 0.05) is 23.5 Å². The first-order valence-corrected chi connectivity index (χ1v) is 13.9. The SMILES string of the molecule is CC[C@@H](C)CN(CC(=O)N1CCc2sccc2[C@@H]1COc1ccccc1OC)C(=O)c1cccc(OC)c1. The fraction of sp³-hybridized carbons (Fsp3) is 0.400. The lowest BCUT2D eigenvalue weighted by Crippen LogP contribution is -2.48. The fourth-order valence-corrected chi connectivity index (χ4v) is 5.63. The summed E-state index contributed by atoms with van der Waals surface area (Å²) >= 11 is 1.71. The number of carbonyl (C=O) groups excluding carboxylic acids is 2. The molecule has 0 aliphatic carbocycles. The van der Waals surface area contributed by atoms with Crippen LogP contribution in [-0.2, 0) is 11.2 Å². The average molecular weight is 537 g/mol. The van der Waals surface area contributed by atoms with Crippen molar-refractivity contribution in [3.8, 4) is 17.2 Å². The van der Waals surface area contributed by atoms with Gasteiger partial charge < -0.3 is 24.0 Å². The second-order valence-corrected chi connectivity index (χ2v) is 10.5. The molecular weight excluding hydrogens is 500 g/mol. The number of methoxy groups -OCH3 is 2. The Balaban J connectivity index is 1.56. The summed E-state index contributed by atoms with van der Waals surface area (Å²) in [6.07, 6.45) is 1.70. The van der Waals surface area contributed by atoms with E-state index < -0.39 is 0 Å². The van der Waals surface area contributed by atoms with Gasteiger partial charge in [-0.25, -0.2) is 0 Å². The van der Waals surface area contributed by atoms with Gasteiger partial charge in [0.25, 0.3) is 5.91 Å². The Morgan fingerprint density at radius 3 is 2.61 bits per heavy atom. The van der Waals surface area contributed by atoms with Crippen LogP contribution in [-0.4, -0.2) is 62.1 Å². The molecule has 3 aromatic rings. The lowest BCUT2D eigenvalue weighted by molar-refractivity contribution is -0.135. The van der Waals surface area contributed by atoms with Gasteiger partial charge in [0.15, 0.2) is 11.5 Å². The first-order chi connectivity index (χ1) is 18.4. The molecule has 7 nitrogen and oxygen atoms in total. The second kappa shape index (κ2) is 12.8. The number of hydrogen-bond donors (Lipinski definition) is 0. The number of rotatable bonds is 11. The molecule has 2 heterocycles. The predicted octanol–water partition coefficient (Wildman–Crippen LogP) is 5.46. The van der Waals surface area contributed by atoms with Crippen LogP contribution in [0.1, 0.15) is 47.1 Å². The highest BCUT2D eigenvalue weighted by Gasteiger charge is 2.34. The zero-order valence-electron chi connectivity index (χ0n) is 22.5. The van der Waals surface area contributed by atoms with Crippen LogP contribution in [0, 0.1) is 5.92 Å². The summed E-state index contributed by atoms with van der Waals surface area (Å²) < 4.78 is 17.0. The van der Waals surface area contributed by atoms with E-state index in [0.29, 0.717) is 42.5 Å². The van der Waals surface area contributed by atoms with Crippen molar-refractivity contribution < 1.29 is 23.8 Å². The quantitative estimate of drug-likeness (QED) is 0.326.